The highest BCUT2D eigenvalue weighted by atomic mass is 79.9. The highest BCUT2D eigenvalue weighted by molar-refractivity contribution is 9.10. The number of nitrogens with zero attached hydrogens (tertiary/aromatic N) is 1. The summed E-state index contributed by atoms with van der Waals surface area (Å²) in [6.07, 6.45) is 0.0662. The van der Waals surface area contributed by atoms with Crippen LogP contribution in [0.25, 0.3) is 0 Å². The first-order chi connectivity index (χ1) is 11.8. The first kappa shape index (κ1) is 19.9. The Morgan fingerprint density at radius 3 is 2.44 bits per heavy atom. The molecule has 0 radical (unpaired) electrons. The van der Waals surface area contributed by atoms with E-state index in [0.29, 0.717) is 6.54 Å². The molecule has 0 aliphatic rings. The van der Waals surface area contributed by atoms with Crippen molar-refractivity contribution in [2.45, 2.75) is 17.9 Å². The van der Waals surface area contributed by atoms with Crippen molar-refractivity contribution in [1.29, 1.82) is 0 Å². The number of carbonyl (C=O) groups excluding carboxylic acids is 1. The number of hydrogen-bond acceptors (Lipinski definition) is 3. The van der Waals surface area contributed by atoms with Crippen LogP contribution in [0.4, 0.5) is 0 Å². The van der Waals surface area contributed by atoms with Gasteiger partial charge in [-0.2, -0.15) is 0 Å². The zero-order valence-electron chi connectivity index (χ0n) is 13.6. The van der Waals surface area contributed by atoms with Crippen LogP contribution in [0.15, 0.2) is 57.9 Å². The van der Waals surface area contributed by atoms with Gasteiger partial charge >= 0.3 is 0 Å². The molecule has 0 heterocycles. The molecule has 0 saturated heterocycles. The lowest BCUT2D eigenvalue weighted by molar-refractivity contribution is -0.130. The van der Waals surface area contributed by atoms with E-state index < -0.39 is 10.0 Å². The molecule has 8 heteroatoms. The van der Waals surface area contributed by atoms with E-state index in [1.54, 1.807) is 24.1 Å². The Hall–Kier alpha value is -1.41. The molecule has 2 aromatic carbocycles. The summed E-state index contributed by atoms with van der Waals surface area (Å²) in [6, 6.07) is 13.8. The quantitative estimate of drug-likeness (QED) is 0.710. The van der Waals surface area contributed by atoms with Gasteiger partial charge in [0.25, 0.3) is 0 Å². The van der Waals surface area contributed by atoms with Crippen LogP contribution in [-0.2, 0) is 21.4 Å². The third kappa shape index (κ3) is 5.81. The molecule has 2 aromatic rings. The molecule has 0 unspecified atom stereocenters. The van der Waals surface area contributed by atoms with Crippen LogP contribution >= 0.6 is 27.5 Å². The largest absolute Gasteiger partial charge is 0.341 e. The number of benzene rings is 2. The minimum atomic E-state index is -3.73. The summed E-state index contributed by atoms with van der Waals surface area (Å²) in [5, 5.41) is 0.147. The third-order valence-corrected chi connectivity index (χ3v) is 6.01. The SMILES string of the molecule is CN(Cc1ccc(Br)cc1)C(=O)CCNS(=O)(=O)c1ccccc1Cl. The zero-order chi connectivity index (χ0) is 18.4. The van der Waals surface area contributed by atoms with Crippen LogP contribution in [0.1, 0.15) is 12.0 Å². The Kier molecular flexibility index (Phi) is 7.01. The average molecular weight is 446 g/mol. The van der Waals surface area contributed by atoms with Crippen molar-refractivity contribution < 1.29 is 13.2 Å². The van der Waals surface area contributed by atoms with E-state index in [9.17, 15) is 13.2 Å². The van der Waals surface area contributed by atoms with E-state index in [2.05, 4.69) is 20.7 Å². The fourth-order valence-electron chi connectivity index (χ4n) is 2.18. The summed E-state index contributed by atoms with van der Waals surface area (Å²) in [5.74, 6) is -0.148. The summed E-state index contributed by atoms with van der Waals surface area (Å²) in [6.45, 7) is 0.473. The maximum atomic E-state index is 12.2. The van der Waals surface area contributed by atoms with Crippen molar-refractivity contribution >= 4 is 43.5 Å². The predicted octanol–water partition coefficient (Wildman–Crippen LogP) is 3.43. The predicted molar refractivity (Wildman–Crippen MR) is 102 cm³/mol. The molecule has 0 aliphatic carbocycles. The maximum absolute atomic E-state index is 12.2. The fourth-order valence-corrected chi connectivity index (χ4v) is 3.99. The van der Waals surface area contributed by atoms with Crippen molar-refractivity contribution in [2.75, 3.05) is 13.6 Å². The van der Waals surface area contributed by atoms with E-state index in [1.807, 2.05) is 24.3 Å². The molecule has 134 valence electrons. The highest BCUT2D eigenvalue weighted by Crippen LogP contribution is 2.20. The number of hydrogen-bond donors (Lipinski definition) is 1. The minimum Gasteiger partial charge on any atom is -0.341 e. The summed E-state index contributed by atoms with van der Waals surface area (Å²) < 4.78 is 27.8. The maximum Gasteiger partial charge on any atom is 0.242 e. The molecule has 0 fully saturated rings. The Labute approximate surface area is 161 Å². The van der Waals surface area contributed by atoms with Gasteiger partial charge in [-0.1, -0.05) is 51.8 Å². The molecule has 1 N–H and O–H groups in total. The number of carbonyl (C=O) groups is 1. The second-order valence-corrected chi connectivity index (χ2v) is 8.51. The van der Waals surface area contributed by atoms with Crippen LogP contribution in [0.2, 0.25) is 5.02 Å². The van der Waals surface area contributed by atoms with E-state index in [-0.39, 0.29) is 28.8 Å². The van der Waals surface area contributed by atoms with Gasteiger partial charge in [0.2, 0.25) is 15.9 Å². The molecule has 0 spiro atoms. The third-order valence-electron chi connectivity index (χ3n) is 3.52. The van der Waals surface area contributed by atoms with E-state index in [4.69, 9.17) is 11.6 Å². The van der Waals surface area contributed by atoms with Crippen LogP contribution in [0.3, 0.4) is 0 Å². The zero-order valence-corrected chi connectivity index (χ0v) is 16.7. The number of sulfonamides is 1. The van der Waals surface area contributed by atoms with Crippen molar-refractivity contribution in [1.82, 2.24) is 9.62 Å². The van der Waals surface area contributed by atoms with Crippen molar-refractivity contribution in [3.05, 3.63) is 63.6 Å². The molecular formula is C17H18BrClN2O3S. The van der Waals surface area contributed by atoms with Gasteiger partial charge in [0, 0.05) is 31.0 Å². The van der Waals surface area contributed by atoms with Crippen LogP contribution < -0.4 is 4.72 Å². The molecule has 0 aromatic heterocycles. The van der Waals surface area contributed by atoms with Gasteiger partial charge in [-0.05, 0) is 29.8 Å². The number of halogens is 2. The lowest BCUT2D eigenvalue weighted by Crippen LogP contribution is -2.32. The standard InChI is InChI=1S/C17H18BrClN2O3S/c1-21(12-13-6-8-14(18)9-7-13)17(22)10-11-20-25(23,24)16-5-3-2-4-15(16)19/h2-9,20H,10-12H2,1H3. The van der Waals surface area contributed by atoms with Gasteiger partial charge < -0.3 is 4.90 Å². The molecule has 25 heavy (non-hydrogen) atoms. The van der Waals surface area contributed by atoms with Gasteiger partial charge in [-0.15, -0.1) is 0 Å². The lowest BCUT2D eigenvalue weighted by Gasteiger charge is -2.17. The molecular weight excluding hydrogens is 428 g/mol. The summed E-state index contributed by atoms with van der Waals surface area (Å²) in [7, 11) is -2.05. The van der Waals surface area contributed by atoms with Crippen LogP contribution in [-0.4, -0.2) is 32.8 Å². The van der Waals surface area contributed by atoms with Gasteiger partial charge in [0.1, 0.15) is 4.90 Å². The van der Waals surface area contributed by atoms with E-state index >= 15 is 0 Å². The molecule has 0 bridgehead atoms. The van der Waals surface area contributed by atoms with Crippen molar-refractivity contribution in [3.63, 3.8) is 0 Å². The summed E-state index contributed by atoms with van der Waals surface area (Å²) >= 11 is 9.27. The lowest BCUT2D eigenvalue weighted by atomic mass is 10.2. The van der Waals surface area contributed by atoms with E-state index in [1.165, 1.54) is 12.1 Å². The Morgan fingerprint density at radius 1 is 1.16 bits per heavy atom. The minimum absolute atomic E-state index is 0.00679. The summed E-state index contributed by atoms with van der Waals surface area (Å²) in [5.41, 5.74) is 0.996. The van der Waals surface area contributed by atoms with Crippen LogP contribution in [0, 0.1) is 0 Å². The normalized spacial score (nSPS) is 11.3. The molecule has 5 nitrogen and oxygen atoms in total. The number of rotatable bonds is 7. The summed E-state index contributed by atoms with van der Waals surface area (Å²) in [4.78, 5) is 13.7. The van der Waals surface area contributed by atoms with Gasteiger partial charge in [0.05, 0.1) is 5.02 Å². The second kappa shape index (κ2) is 8.80. The van der Waals surface area contributed by atoms with Crippen molar-refractivity contribution in [2.24, 2.45) is 0 Å². The molecule has 1 amide bonds. The highest BCUT2D eigenvalue weighted by Gasteiger charge is 2.18. The fraction of sp³-hybridized carbons (Fsp3) is 0.235. The smallest absolute Gasteiger partial charge is 0.242 e. The average Bonchev–Trinajstić information content (AvgIpc) is 2.57. The Balaban J connectivity index is 1.87. The van der Waals surface area contributed by atoms with Gasteiger partial charge in [0.15, 0.2) is 0 Å². The van der Waals surface area contributed by atoms with E-state index in [0.717, 1.165) is 10.0 Å². The Morgan fingerprint density at radius 2 is 1.80 bits per heavy atom. The van der Waals surface area contributed by atoms with Crippen LogP contribution in [0.5, 0.6) is 0 Å². The van der Waals surface area contributed by atoms with Gasteiger partial charge in [-0.25, -0.2) is 13.1 Å². The molecule has 0 aliphatic heterocycles. The topological polar surface area (TPSA) is 66.5 Å². The van der Waals surface area contributed by atoms with Gasteiger partial charge in [-0.3, -0.25) is 4.79 Å². The number of nitrogens with one attached hydrogen (secondary N) is 1. The molecule has 2 rings (SSSR count). The first-order valence-corrected chi connectivity index (χ1v) is 10.2. The monoisotopic (exact) mass is 444 g/mol. The molecule has 0 atom stereocenters. The first-order valence-electron chi connectivity index (χ1n) is 7.52. The Bertz CT molecular complexity index is 841. The van der Waals surface area contributed by atoms with Crippen molar-refractivity contribution in [3.8, 4) is 0 Å². The molecule has 0 saturated carbocycles. The second-order valence-electron chi connectivity index (χ2n) is 5.45. The number of amides is 1.